The number of pyridine rings is 1. The van der Waals surface area contributed by atoms with Crippen molar-refractivity contribution in [3.8, 4) is 0 Å². The molecular formula is C19H30N6O6S. The van der Waals surface area contributed by atoms with E-state index in [0.29, 0.717) is 71.5 Å². The molecule has 0 atom stereocenters. The van der Waals surface area contributed by atoms with Gasteiger partial charge in [-0.3, -0.25) is 15.0 Å². The van der Waals surface area contributed by atoms with E-state index in [1.165, 1.54) is 17.6 Å². The third-order valence-electron chi connectivity index (χ3n) is 5.24. The van der Waals surface area contributed by atoms with E-state index in [-0.39, 0.29) is 17.3 Å². The largest absolute Gasteiger partial charge is 0.383 e. The molecule has 2 aliphatic heterocycles. The van der Waals surface area contributed by atoms with Gasteiger partial charge in [0.05, 0.1) is 26.4 Å². The summed E-state index contributed by atoms with van der Waals surface area (Å²) in [6.45, 7) is 4.80. The molecule has 0 radical (unpaired) electrons. The maximum atomic E-state index is 12.7. The first kappa shape index (κ1) is 24.3. The summed E-state index contributed by atoms with van der Waals surface area (Å²) in [5.41, 5.74) is 0. The summed E-state index contributed by atoms with van der Waals surface area (Å²) < 4.78 is 36.9. The topological polar surface area (TPSA) is 133 Å². The summed E-state index contributed by atoms with van der Waals surface area (Å²) in [5, 5.41) is 4.83. The highest BCUT2D eigenvalue weighted by Crippen LogP contribution is 2.20. The van der Waals surface area contributed by atoms with E-state index in [4.69, 9.17) is 9.47 Å². The number of amides is 3. The molecule has 12 nitrogen and oxygen atoms in total. The number of nitrogens with zero attached hydrogens (tertiary/aromatic N) is 4. The van der Waals surface area contributed by atoms with Crippen molar-refractivity contribution in [2.24, 2.45) is 0 Å². The fourth-order valence-corrected chi connectivity index (χ4v) is 4.82. The van der Waals surface area contributed by atoms with Crippen LogP contribution in [0.2, 0.25) is 0 Å². The number of piperazine rings is 1. The predicted octanol–water partition coefficient (Wildman–Crippen LogP) is -1.30. The van der Waals surface area contributed by atoms with Gasteiger partial charge < -0.3 is 19.7 Å². The van der Waals surface area contributed by atoms with Crippen molar-refractivity contribution in [3.63, 3.8) is 0 Å². The Morgan fingerprint density at radius 1 is 1.12 bits per heavy atom. The number of hydrogen-bond acceptors (Lipinski definition) is 9. The lowest BCUT2D eigenvalue weighted by atomic mass is 10.3. The molecule has 1 aromatic heterocycles. The molecule has 2 aliphatic rings. The van der Waals surface area contributed by atoms with Gasteiger partial charge in [-0.2, -0.15) is 4.31 Å². The maximum Gasteiger partial charge on any atom is 0.321 e. The van der Waals surface area contributed by atoms with Gasteiger partial charge >= 0.3 is 6.03 Å². The number of sulfonamides is 1. The quantitative estimate of drug-likeness (QED) is 0.445. The van der Waals surface area contributed by atoms with Gasteiger partial charge in [0.1, 0.15) is 10.7 Å². The summed E-state index contributed by atoms with van der Waals surface area (Å²) in [6.07, 6.45) is 1.39. The van der Waals surface area contributed by atoms with Crippen LogP contribution >= 0.6 is 0 Å². The molecule has 32 heavy (non-hydrogen) atoms. The van der Waals surface area contributed by atoms with E-state index >= 15 is 0 Å². The number of methoxy groups -OCH3 is 1. The lowest BCUT2D eigenvalue weighted by molar-refractivity contribution is -0.121. The van der Waals surface area contributed by atoms with E-state index < -0.39 is 16.1 Å². The van der Waals surface area contributed by atoms with E-state index in [1.807, 2.05) is 9.80 Å². The summed E-state index contributed by atoms with van der Waals surface area (Å²) in [7, 11) is -2.04. The Morgan fingerprint density at radius 2 is 1.84 bits per heavy atom. The highest BCUT2D eigenvalue weighted by Gasteiger charge is 2.27. The first-order valence-electron chi connectivity index (χ1n) is 10.5. The number of aromatic nitrogens is 1. The van der Waals surface area contributed by atoms with Crippen LogP contribution in [0.25, 0.3) is 0 Å². The summed E-state index contributed by atoms with van der Waals surface area (Å²) in [4.78, 5) is 32.2. The van der Waals surface area contributed by atoms with Gasteiger partial charge in [0.2, 0.25) is 15.9 Å². The number of nitrogens with one attached hydrogen (secondary N) is 2. The van der Waals surface area contributed by atoms with Gasteiger partial charge in [-0.15, -0.1) is 0 Å². The average Bonchev–Trinajstić information content (AvgIpc) is 2.80. The van der Waals surface area contributed by atoms with Gasteiger partial charge in [0, 0.05) is 59.1 Å². The highest BCUT2D eigenvalue weighted by atomic mass is 32.2. The summed E-state index contributed by atoms with van der Waals surface area (Å²) >= 11 is 0. The first-order valence-corrected chi connectivity index (χ1v) is 11.9. The Hall–Kier alpha value is -2.32. The zero-order valence-corrected chi connectivity index (χ0v) is 19.0. The smallest absolute Gasteiger partial charge is 0.321 e. The van der Waals surface area contributed by atoms with Gasteiger partial charge in [0.25, 0.3) is 0 Å². The number of ether oxygens (including phenoxy) is 2. The molecule has 2 fully saturated rings. The minimum absolute atomic E-state index is 0.121. The van der Waals surface area contributed by atoms with Crippen molar-refractivity contribution in [1.82, 2.24) is 24.8 Å². The molecule has 3 rings (SSSR count). The predicted molar refractivity (Wildman–Crippen MR) is 116 cm³/mol. The van der Waals surface area contributed by atoms with Gasteiger partial charge in [-0.1, -0.05) is 0 Å². The molecular weight excluding hydrogens is 440 g/mol. The fraction of sp³-hybridized carbons (Fsp3) is 0.632. The molecule has 0 aromatic carbocycles. The van der Waals surface area contributed by atoms with Crippen LogP contribution in [-0.2, 0) is 24.3 Å². The van der Waals surface area contributed by atoms with Crippen molar-refractivity contribution in [2.75, 3.05) is 84.2 Å². The van der Waals surface area contributed by atoms with Crippen LogP contribution in [0.3, 0.4) is 0 Å². The van der Waals surface area contributed by atoms with Crippen molar-refractivity contribution in [1.29, 1.82) is 0 Å². The molecule has 0 bridgehead atoms. The average molecular weight is 471 g/mol. The summed E-state index contributed by atoms with van der Waals surface area (Å²) in [5.74, 6) is 0.316. The van der Waals surface area contributed by atoms with E-state index in [0.717, 1.165) is 0 Å². The van der Waals surface area contributed by atoms with E-state index in [9.17, 15) is 18.0 Å². The molecule has 178 valence electrons. The molecule has 1 aromatic rings. The van der Waals surface area contributed by atoms with E-state index in [2.05, 4.69) is 15.6 Å². The number of anilines is 1. The standard InChI is InChI=1S/C19H30N6O6S/c1-30-11-4-20-19(27)22-18(26)15-23-5-7-24(8-6-23)17-3-2-16(14-21-17)32(28,29)25-9-12-31-13-10-25/h2-3,14H,4-13,15H2,1H3,(H2,20,22,26,27). The third kappa shape index (κ3) is 6.59. The monoisotopic (exact) mass is 470 g/mol. The van der Waals surface area contributed by atoms with E-state index in [1.54, 1.807) is 12.1 Å². The van der Waals surface area contributed by atoms with Crippen molar-refractivity contribution < 1.29 is 27.5 Å². The zero-order valence-electron chi connectivity index (χ0n) is 18.2. The second-order valence-electron chi connectivity index (χ2n) is 7.43. The number of urea groups is 1. The van der Waals surface area contributed by atoms with Gasteiger partial charge in [-0.05, 0) is 12.1 Å². The normalized spacial score (nSPS) is 18.3. The second kappa shape index (κ2) is 11.5. The third-order valence-corrected chi connectivity index (χ3v) is 7.12. The Kier molecular flexibility index (Phi) is 8.75. The molecule has 2 saturated heterocycles. The van der Waals surface area contributed by atoms with Crippen LogP contribution in [0, 0.1) is 0 Å². The fourth-order valence-electron chi connectivity index (χ4n) is 3.46. The molecule has 0 unspecified atom stereocenters. The lowest BCUT2D eigenvalue weighted by Crippen LogP contribution is -2.51. The van der Waals surface area contributed by atoms with Gasteiger partial charge in [0.15, 0.2) is 0 Å². The molecule has 3 amide bonds. The van der Waals surface area contributed by atoms with Crippen molar-refractivity contribution in [3.05, 3.63) is 18.3 Å². The zero-order chi connectivity index (χ0) is 23.0. The number of imide groups is 1. The van der Waals surface area contributed by atoms with Crippen LogP contribution in [0.4, 0.5) is 10.6 Å². The van der Waals surface area contributed by atoms with Crippen LogP contribution in [-0.4, -0.2) is 114 Å². The lowest BCUT2D eigenvalue weighted by Gasteiger charge is -2.35. The number of carbonyl (C=O) groups is 2. The van der Waals surface area contributed by atoms with Crippen LogP contribution < -0.4 is 15.5 Å². The molecule has 0 aliphatic carbocycles. The van der Waals surface area contributed by atoms with Crippen molar-refractivity contribution in [2.45, 2.75) is 4.90 Å². The Balaban J connectivity index is 1.46. The molecule has 0 spiro atoms. The van der Waals surface area contributed by atoms with Crippen LogP contribution in [0.15, 0.2) is 23.2 Å². The summed E-state index contributed by atoms with van der Waals surface area (Å²) in [6, 6.07) is 2.75. The number of morpholine rings is 1. The van der Waals surface area contributed by atoms with Crippen LogP contribution in [0.5, 0.6) is 0 Å². The molecule has 13 heteroatoms. The Labute approximate surface area is 187 Å². The molecule has 3 heterocycles. The number of hydrogen-bond donors (Lipinski definition) is 2. The maximum absolute atomic E-state index is 12.7. The molecule has 2 N–H and O–H groups in total. The highest BCUT2D eigenvalue weighted by molar-refractivity contribution is 7.89. The minimum Gasteiger partial charge on any atom is -0.383 e. The van der Waals surface area contributed by atoms with Gasteiger partial charge in [-0.25, -0.2) is 18.2 Å². The van der Waals surface area contributed by atoms with Crippen LogP contribution in [0.1, 0.15) is 0 Å². The number of carbonyl (C=O) groups excluding carboxylic acids is 2. The number of rotatable bonds is 8. The molecule has 0 saturated carbocycles. The Bertz CT molecular complexity index is 867. The minimum atomic E-state index is -3.57. The first-order chi connectivity index (χ1) is 15.4. The Morgan fingerprint density at radius 3 is 2.47 bits per heavy atom. The van der Waals surface area contributed by atoms with Crippen molar-refractivity contribution >= 4 is 27.8 Å². The second-order valence-corrected chi connectivity index (χ2v) is 9.37. The SMILES string of the molecule is COCCNC(=O)NC(=O)CN1CCN(c2ccc(S(=O)(=O)N3CCOCC3)cn2)CC1.